The molecule has 2 atom stereocenters. The highest BCUT2D eigenvalue weighted by Crippen LogP contribution is 2.62. The first-order valence-corrected chi connectivity index (χ1v) is 22.8. The van der Waals surface area contributed by atoms with Crippen LogP contribution >= 0.6 is 10.5 Å². The molecule has 0 radical (unpaired) electrons. The number of thiophene rings is 1. The van der Waals surface area contributed by atoms with Gasteiger partial charge in [0, 0.05) is 33.4 Å². The SMILES string of the molecule is CCC1(OC(=O)COc2c(C)cc(-[s+]3c4ccccc4c4ccccc43)cc2C)CCCC1.O=C(OCCC(F)(F)C(F)(F)S(=O)(=O)[O-])C12CC3CC(CC(O)(C3)C1)C2. The van der Waals surface area contributed by atoms with Crippen LogP contribution in [0.5, 0.6) is 5.75 Å². The van der Waals surface area contributed by atoms with Crippen LogP contribution in [0.25, 0.3) is 25.1 Å². The van der Waals surface area contributed by atoms with Gasteiger partial charge in [-0.15, -0.1) is 0 Å². The molecule has 59 heavy (non-hydrogen) atoms. The number of benzene rings is 3. The standard InChI is InChI=1S/C29H31O3S.C15H20F4O6S/c1-4-29(15-9-10-16-29)32-27(30)19-31-28-20(2)17-22(18-21(28)3)33-25-13-7-5-11-23(25)24-12-6-8-14-26(24)33;16-14(17,15(18,19)26(22,23)24)1-2-25-11(20)12-4-9-3-10(5-12)7-13(21,6-9)8-12/h5-8,11-14,17-18H,4,9-10,15-16,19H2,1-3H3;9-10,21H,1-8H2,(H,22,23,24)/q+1;/p-1. The number of aliphatic hydroxyl groups is 1. The van der Waals surface area contributed by atoms with E-state index in [0.717, 1.165) is 55.4 Å². The van der Waals surface area contributed by atoms with Crippen LogP contribution < -0.4 is 4.74 Å². The fourth-order valence-corrected chi connectivity index (χ4v) is 13.5. The molecule has 320 valence electrons. The maximum atomic E-state index is 13.4. The molecule has 0 spiro atoms. The Balaban J connectivity index is 0.000000185. The van der Waals surface area contributed by atoms with Crippen molar-refractivity contribution in [1.29, 1.82) is 0 Å². The Bertz CT molecular complexity index is 2260. The number of esters is 2. The van der Waals surface area contributed by atoms with Crippen molar-refractivity contribution in [2.45, 2.75) is 120 Å². The second kappa shape index (κ2) is 15.9. The number of carbonyl (C=O) groups excluding carboxylic acids is 2. The number of hydrogen-bond acceptors (Lipinski definition) is 9. The number of ether oxygens (including phenoxy) is 3. The minimum Gasteiger partial charge on any atom is -0.743 e. The summed E-state index contributed by atoms with van der Waals surface area (Å²) in [5.74, 6) is -5.21. The lowest BCUT2D eigenvalue weighted by molar-refractivity contribution is -0.201. The molecule has 1 aromatic heterocycles. The Kier molecular flexibility index (Phi) is 11.7. The smallest absolute Gasteiger partial charge is 0.396 e. The maximum Gasteiger partial charge on any atom is 0.396 e. The summed E-state index contributed by atoms with van der Waals surface area (Å²) >= 11 is 0. The van der Waals surface area contributed by atoms with Gasteiger partial charge in [0.2, 0.25) is 0 Å². The average Bonchev–Trinajstić information content (AvgIpc) is 3.76. The zero-order chi connectivity index (χ0) is 42.6. The summed E-state index contributed by atoms with van der Waals surface area (Å²) in [4.78, 5) is 26.3. The highest BCUT2D eigenvalue weighted by Gasteiger charge is 2.63. The van der Waals surface area contributed by atoms with E-state index in [0.29, 0.717) is 25.7 Å². The lowest BCUT2D eigenvalue weighted by Crippen LogP contribution is -2.58. The molecule has 5 saturated carbocycles. The number of hydrogen-bond donors (Lipinski definition) is 1. The Labute approximate surface area is 344 Å². The minimum absolute atomic E-state index is 0.0415. The number of carbonyl (C=O) groups is 2. The van der Waals surface area contributed by atoms with Crippen LogP contribution in [-0.2, 0) is 29.2 Å². The van der Waals surface area contributed by atoms with Crippen LogP contribution in [-0.4, -0.2) is 65.6 Å². The molecular formula is C44H50F4O9S2. The highest BCUT2D eigenvalue weighted by molar-refractivity contribution is 7.86. The zero-order valence-corrected chi connectivity index (χ0v) is 35.0. The van der Waals surface area contributed by atoms with E-state index in [1.165, 1.54) is 25.1 Å². The fourth-order valence-electron chi connectivity index (χ4n) is 10.5. The van der Waals surface area contributed by atoms with E-state index in [9.17, 15) is 45.2 Å². The van der Waals surface area contributed by atoms with E-state index < -0.39 is 51.3 Å². The van der Waals surface area contributed by atoms with Gasteiger partial charge in [-0.1, -0.05) is 31.2 Å². The van der Waals surface area contributed by atoms with Crippen molar-refractivity contribution < 1.29 is 59.4 Å². The first kappa shape index (κ1) is 43.3. The molecule has 5 aliphatic rings. The number of aryl methyl sites for hydroxylation is 2. The van der Waals surface area contributed by atoms with E-state index in [-0.39, 0.29) is 46.9 Å². The molecule has 0 amide bonds. The van der Waals surface area contributed by atoms with Crippen LogP contribution in [0, 0.1) is 31.1 Å². The molecule has 0 aliphatic heterocycles. The van der Waals surface area contributed by atoms with Gasteiger partial charge in [0.15, 0.2) is 31.0 Å². The molecule has 15 heteroatoms. The Morgan fingerprint density at radius 2 is 1.44 bits per heavy atom. The molecule has 4 aromatic rings. The van der Waals surface area contributed by atoms with Gasteiger partial charge in [0.05, 0.1) is 24.0 Å². The van der Waals surface area contributed by atoms with Crippen molar-refractivity contribution >= 4 is 52.7 Å². The second-order valence-corrected chi connectivity index (χ2v) is 20.6. The van der Waals surface area contributed by atoms with E-state index >= 15 is 0 Å². The summed E-state index contributed by atoms with van der Waals surface area (Å²) < 4.78 is 103. The molecule has 0 saturated heterocycles. The van der Waals surface area contributed by atoms with Crippen molar-refractivity contribution in [3.05, 3.63) is 71.8 Å². The van der Waals surface area contributed by atoms with Crippen molar-refractivity contribution in [3.63, 3.8) is 0 Å². The number of rotatable bonds is 12. The van der Waals surface area contributed by atoms with Gasteiger partial charge in [-0.3, -0.25) is 4.79 Å². The molecule has 2 unspecified atom stereocenters. The van der Waals surface area contributed by atoms with Gasteiger partial charge in [0.1, 0.15) is 11.4 Å². The lowest BCUT2D eigenvalue weighted by Gasteiger charge is -2.58. The van der Waals surface area contributed by atoms with Crippen LogP contribution in [0.1, 0.15) is 95.1 Å². The molecule has 4 bridgehead atoms. The van der Waals surface area contributed by atoms with Crippen LogP contribution in [0.3, 0.4) is 0 Å². The van der Waals surface area contributed by atoms with E-state index in [1.54, 1.807) is 0 Å². The topological polar surface area (TPSA) is 139 Å². The van der Waals surface area contributed by atoms with Crippen LogP contribution in [0.4, 0.5) is 17.6 Å². The number of alkyl halides is 4. The lowest BCUT2D eigenvalue weighted by atomic mass is 9.48. The zero-order valence-electron chi connectivity index (χ0n) is 33.4. The first-order valence-electron chi connectivity index (χ1n) is 20.2. The predicted octanol–water partition coefficient (Wildman–Crippen LogP) is 10.0. The molecule has 3 aromatic carbocycles. The molecule has 9 nitrogen and oxygen atoms in total. The average molecular weight is 863 g/mol. The van der Waals surface area contributed by atoms with Crippen LogP contribution in [0.15, 0.2) is 60.7 Å². The molecular weight excluding hydrogens is 813 g/mol. The minimum atomic E-state index is -6.56. The molecule has 5 fully saturated rings. The maximum absolute atomic E-state index is 13.4. The van der Waals surface area contributed by atoms with Gasteiger partial charge in [-0.2, -0.15) is 17.6 Å². The summed E-state index contributed by atoms with van der Waals surface area (Å²) in [6.07, 6.45) is 6.35. The Hall–Kier alpha value is -3.79. The molecule has 1 heterocycles. The van der Waals surface area contributed by atoms with Gasteiger partial charge in [0.25, 0.3) is 0 Å². The Morgan fingerprint density at radius 1 is 0.898 bits per heavy atom. The third-order valence-electron chi connectivity index (χ3n) is 12.8. The van der Waals surface area contributed by atoms with Crippen LogP contribution in [0.2, 0.25) is 0 Å². The van der Waals surface area contributed by atoms with Crippen molar-refractivity contribution in [2.24, 2.45) is 17.3 Å². The molecule has 1 N–H and O–H groups in total. The van der Waals surface area contributed by atoms with Gasteiger partial charge >= 0.3 is 23.1 Å². The van der Waals surface area contributed by atoms with Gasteiger partial charge in [-0.25, -0.2) is 13.2 Å². The van der Waals surface area contributed by atoms with Crippen molar-refractivity contribution in [1.82, 2.24) is 0 Å². The third-order valence-corrected chi connectivity index (χ3v) is 16.1. The summed E-state index contributed by atoms with van der Waals surface area (Å²) in [6, 6.07) is 21.9. The summed E-state index contributed by atoms with van der Waals surface area (Å²) in [6.45, 7) is 5.05. The first-order chi connectivity index (χ1) is 27.7. The van der Waals surface area contributed by atoms with E-state index in [4.69, 9.17) is 14.2 Å². The summed E-state index contributed by atoms with van der Waals surface area (Å²) in [5, 5.41) is 7.40. The molecule has 5 aliphatic carbocycles. The highest BCUT2D eigenvalue weighted by atomic mass is 32.2. The molecule has 9 rings (SSSR count). The van der Waals surface area contributed by atoms with E-state index in [1.807, 2.05) is 0 Å². The third kappa shape index (κ3) is 8.33. The number of halogens is 4. The number of fused-ring (bicyclic) bond motifs is 3. The summed E-state index contributed by atoms with van der Waals surface area (Å²) in [7, 11) is -6.70. The van der Waals surface area contributed by atoms with Gasteiger partial charge in [-0.05, 0) is 132 Å². The summed E-state index contributed by atoms with van der Waals surface area (Å²) in [5.41, 5.74) is -0.173. The fraction of sp³-hybridized carbons (Fsp3) is 0.545. The largest absolute Gasteiger partial charge is 0.743 e. The van der Waals surface area contributed by atoms with Crippen molar-refractivity contribution in [2.75, 3.05) is 13.2 Å². The van der Waals surface area contributed by atoms with Gasteiger partial charge < -0.3 is 23.9 Å². The second-order valence-electron chi connectivity index (χ2n) is 17.2. The predicted molar refractivity (Wildman–Crippen MR) is 215 cm³/mol. The Morgan fingerprint density at radius 3 is 1.95 bits per heavy atom. The van der Waals surface area contributed by atoms with Crippen molar-refractivity contribution in [3.8, 4) is 10.6 Å². The van der Waals surface area contributed by atoms with E-state index in [2.05, 4.69) is 81.4 Å². The monoisotopic (exact) mass is 862 g/mol. The quantitative estimate of drug-likeness (QED) is 0.0638. The normalized spacial score (nSPS) is 24.8.